The molecule has 1 unspecified atom stereocenters. The second kappa shape index (κ2) is 6.20. The van der Waals surface area contributed by atoms with Gasteiger partial charge in [0.1, 0.15) is 0 Å². The minimum Gasteiger partial charge on any atom is -0.370 e. The van der Waals surface area contributed by atoms with Gasteiger partial charge >= 0.3 is 5.69 Å². The maximum Gasteiger partial charge on any atom is 0.330 e. The first-order valence-corrected chi connectivity index (χ1v) is 9.97. The van der Waals surface area contributed by atoms with Crippen molar-refractivity contribution >= 4 is 28.4 Å². The standard InChI is InChI=1S/C20H25N5O3/c1-23-16-13(24-9-6-20(7-10-24)11-21-12-20)3-2-4-14(16)25(19(23)28)17-15(26)5-8-22-18(17)27/h2-4,17,21H,5-12H2,1H3,(H,22,27). The van der Waals surface area contributed by atoms with Gasteiger partial charge in [0.2, 0.25) is 0 Å². The zero-order valence-electron chi connectivity index (χ0n) is 16.0. The molecule has 0 aliphatic carbocycles. The molecule has 0 bridgehead atoms. The number of carbonyl (C=O) groups excluding carboxylic acids is 2. The van der Waals surface area contributed by atoms with Crippen LogP contribution in [-0.4, -0.2) is 53.5 Å². The molecule has 2 N–H and O–H groups in total. The third-order valence-electron chi connectivity index (χ3n) is 6.73. The number of para-hydroxylation sites is 1. The number of anilines is 1. The van der Waals surface area contributed by atoms with E-state index in [-0.39, 0.29) is 17.9 Å². The Labute approximate surface area is 162 Å². The fraction of sp³-hybridized carbons (Fsp3) is 0.550. The molecule has 1 aromatic heterocycles. The van der Waals surface area contributed by atoms with E-state index in [1.165, 1.54) is 4.57 Å². The van der Waals surface area contributed by atoms with Gasteiger partial charge in [0.15, 0.2) is 11.8 Å². The summed E-state index contributed by atoms with van der Waals surface area (Å²) in [5.41, 5.74) is 2.55. The molecular weight excluding hydrogens is 358 g/mol. The second-order valence-corrected chi connectivity index (χ2v) is 8.36. The molecule has 28 heavy (non-hydrogen) atoms. The van der Waals surface area contributed by atoms with Crippen LogP contribution in [0.15, 0.2) is 23.0 Å². The predicted octanol–water partition coefficient (Wildman–Crippen LogP) is 0.160. The molecule has 148 valence electrons. The molecule has 3 aliphatic rings. The van der Waals surface area contributed by atoms with Crippen LogP contribution in [0.3, 0.4) is 0 Å². The highest BCUT2D eigenvalue weighted by Gasteiger charge is 2.40. The summed E-state index contributed by atoms with van der Waals surface area (Å²) < 4.78 is 2.95. The van der Waals surface area contributed by atoms with Gasteiger partial charge in [-0.1, -0.05) is 6.07 Å². The van der Waals surface area contributed by atoms with E-state index in [4.69, 9.17) is 0 Å². The van der Waals surface area contributed by atoms with Gasteiger partial charge in [0, 0.05) is 46.2 Å². The molecular formula is C20H25N5O3. The molecule has 1 atom stereocenters. The quantitative estimate of drug-likeness (QED) is 0.722. The number of rotatable bonds is 2. The van der Waals surface area contributed by atoms with E-state index in [9.17, 15) is 14.4 Å². The van der Waals surface area contributed by atoms with E-state index < -0.39 is 11.9 Å². The summed E-state index contributed by atoms with van der Waals surface area (Å²) in [6.45, 7) is 4.42. The summed E-state index contributed by atoms with van der Waals surface area (Å²) in [7, 11) is 1.72. The number of Topliss-reactive ketones (excluding diaryl/α,β-unsaturated/α-hetero) is 1. The van der Waals surface area contributed by atoms with Crippen molar-refractivity contribution in [3.63, 3.8) is 0 Å². The van der Waals surface area contributed by atoms with Crippen LogP contribution in [0.2, 0.25) is 0 Å². The zero-order valence-corrected chi connectivity index (χ0v) is 16.0. The molecule has 8 nitrogen and oxygen atoms in total. The summed E-state index contributed by atoms with van der Waals surface area (Å²) in [4.78, 5) is 40.2. The monoisotopic (exact) mass is 383 g/mol. The minimum atomic E-state index is -1.08. The van der Waals surface area contributed by atoms with Crippen molar-refractivity contribution in [3.05, 3.63) is 28.7 Å². The molecule has 1 aromatic carbocycles. The number of nitrogens with one attached hydrogen (secondary N) is 2. The Morgan fingerprint density at radius 1 is 1.11 bits per heavy atom. The van der Waals surface area contributed by atoms with Crippen LogP contribution in [0.1, 0.15) is 25.3 Å². The van der Waals surface area contributed by atoms with E-state index in [1.807, 2.05) is 18.2 Å². The smallest absolute Gasteiger partial charge is 0.330 e. The summed E-state index contributed by atoms with van der Waals surface area (Å²) in [6, 6.07) is 4.70. The van der Waals surface area contributed by atoms with Crippen LogP contribution < -0.4 is 21.2 Å². The molecule has 5 rings (SSSR count). The molecule has 4 heterocycles. The Balaban J connectivity index is 1.59. The maximum absolute atomic E-state index is 13.0. The number of aryl methyl sites for hydroxylation is 1. The number of fused-ring (bicyclic) bond motifs is 1. The lowest BCUT2D eigenvalue weighted by Gasteiger charge is -2.49. The topological polar surface area (TPSA) is 88.4 Å². The molecule has 3 aliphatic heterocycles. The number of aromatic nitrogens is 2. The Hall–Kier alpha value is -2.61. The molecule has 0 radical (unpaired) electrons. The first-order valence-electron chi connectivity index (χ1n) is 9.97. The number of hydrogen-bond acceptors (Lipinski definition) is 5. The first-order chi connectivity index (χ1) is 13.5. The third kappa shape index (κ3) is 2.44. The highest BCUT2D eigenvalue weighted by atomic mass is 16.2. The zero-order chi connectivity index (χ0) is 19.5. The Kier molecular flexibility index (Phi) is 3.87. The molecule has 2 aromatic rings. The second-order valence-electron chi connectivity index (χ2n) is 8.36. The van der Waals surface area contributed by atoms with Crippen LogP contribution in [0.25, 0.3) is 11.0 Å². The summed E-state index contributed by atoms with van der Waals surface area (Å²) in [5.74, 6) is -0.602. The van der Waals surface area contributed by atoms with Crippen molar-refractivity contribution < 1.29 is 9.59 Å². The highest BCUT2D eigenvalue weighted by molar-refractivity contribution is 6.07. The van der Waals surface area contributed by atoms with Crippen molar-refractivity contribution in [2.45, 2.75) is 25.3 Å². The van der Waals surface area contributed by atoms with E-state index in [2.05, 4.69) is 15.5 Å². The number of nitrogens with zero attached hydrogens (tertiary/aromatic N) is 3. The van der Waals surface area contributed by atoms with Gasteiger partial charge in [-0.2, -0.15) is 0 Å². The van der Waals surface area contributed by atoms with Gasteiger partial charge in [0.25, 0.3) is 5.91 Å². The van der Waals surface area contributed by atoms with Crippen molar-refractivity contribution in [2.75, 3.05) is 37.6 Å². The van der Waals surface area contributed by atoms with E-state index in [0.717, 1.165) is 50.2 Å². The normalized spacial score (nSPS) is 24.5. The minimum absolute atomic E-state index is 0.207. The number of hydrogen-bond donors (Lipinski definition) is 2. The van der Waals surface area contributed by atoms with Gasteiger partial charge in [-0.3, -0.25) is 18.7 Å². The van der Waals surface area contributed by atoms with Crippen molar-refractivity contribution in [1.29, 1.82) is 0 Å². The predicted molar refractivity (Wildman–Crippen MR) is 106 cm³/mol. The number of ketones is 1. The van der Waals surface area contributed by atoms with Crippen molar-refractivity contribution in [3.8, 4) is 0 Å². The molecule has 1 amide bonds. The van der Waals surface area contributed by atoms with Crippen LogP contribution in [0.5, 0.6) is 0 Å². The van der Waals surface area contributed by atoms with Gasteiger partial charge < -0.3 is 15.5 Å². The van der Waals surface area contributed by atoms with Gasteiger partial charge in [-0.15, -0.1) is 0 Å². The number of benzene rings is 1. The van der Waals surface area contributed by atoms with E-state index in [1.54, 1.807) is 11.6 Å². The van der Waals surface area contributed by atoms with Crippen LogP contribution >= 0.6 is 0 Å². The highest BCUT2D eigenvalue weighted by Crippen LogP contribution is 2.38. The summed E-state index contributed by atoms with van der Waals surface area (Å²) >= 11 is 0. The van der Waals surface area contributed by atoms with Crippen LogP contribution in [0.4, 0.5) is 5.69 Å². The summed E-state index contributed by atoms with van der Waals surface area (Å²) in [5, 5.41) is 6.10. The lowest BCUT2D eigenvalue weighted by molar-refractivity contribution is -0.135. The van der Waals surface area contributed by atoms with Crippen molar-refractivity contribution in [1.82, 2.24) is 19.8 Å². The lowest BCUT2D eigenvalue weighted by Crippen LogP contribution is -2.58. The van der Waals surface area contributed by atoms with Crippen LogP contribution in [-0.2, 0) is 16.6 Å². The van der Waals surface area contributed by atoms with Gasteiger partial charge in [-0.25, -0.2) is 4.79 Å². The van der Waals surface area contributed by atoms with Crippen LogP contribution in [0, 0.1) is 5.41 Å². The van der Waals surface area contributed by atoms with E-state index in [0.29, 0.717) is 17.5 Å². The molecule has 1 spiro atoms. The van der Waals surface area contributed by atoms with Crippen molar-refractivity contribution in [2.24, 2.45) is 12.5 Å². The fourth-order valence-corrected chi connectivity index (χ4v) is 4.93. The average molecular weight is 383 g/mol. The number of piperidine rings is 2. The molecule has 0 saturated carbocycles. The maximum atomic E-state index is 13.0. The number of amides is 1. The number of imidazole rings is 1. The van der Waals surface area contributed by atoms with Gasteiger partial charge in [0.05, 0.1) is 16.7 Å². The van der Waals surface area contributed by atoms with Gasteiger partial charge in [-0.05, 0) is 30.4 Å². The molecule has 3 saturated heterocycles. The molecule has 3 fully saturated rings. The number of carbonyl (C=O) groups is 2. The van der Waals surface area contributed by atoms with E-state index >= 15 is 0 Å². The SMILES string of the molecule is Cn1c(=O)n(C2C(=O)CCNC2=O)c2cccc(N3CCC4(CC3)CNC4)c21. The Morgan fingerprint density at radius 3 is 2.50 bits per heavy atom. The molecule has 8 heteroatoms. The fourth-order valence-electron chi connectivity index (χ4n) is 4.93. The summed E-state index contributed by atoms with van der Waals surface area (Å²) in [6.07, 6.45) is 2.52. The Morgan fingerprint density at radius 2 is 1.86 bits per heavy atom. The first kappa shape index (κ1) is 17.5. The average Bonchev–Trinajstić information content (AvgIpc) is 2.92. The largest absolute Gasteiger partial charge is 0.370 e. The third-order valence-corrected chi connectivity index (χ3v) is 6.73. The Bertz CT molecular complexity index is 1010. The lowest BCUT2D eigenvalue weighted by atomic mass is 9.73.